The van der Waals surface area contributed by atoms with E-state index in [-0.39, 0.29) is 0 Å². The van der Waals surface area contributed by atoms with Crippen LogP contribution in [0.4, 0.5) is 0 Å². The molecule has 18 heavy (non-hydrogen) atoms. The molecule has 3 N–H and O–H groups in total. The van der Waals surface area contributed by atoms with E-state index in [9.17, 15) is 0 Å². The smallest absolute Gasteiger partial charge is 0.0180 e. The number of nitrogens with one attached hydrogen (secondary N) is 1. The van der Waals surface area contributed by atoms with Crippen molar-refractivity contribution in [3.05, 3.63) is 35.9 Å². The fourth-order valence-corrected chi connectivity index (χ4v) is 2.96. The van der Waals surface area contributed by atoms with Crippen molar-refractivity contribution in [2.45, 2.75) is 30.8 Å². The number of rotatable bonds is 5. The van der Waals surface area contributed by atoms with Gasteiger partial charge in [-0.2, -0.15) is 0 Å². The molecular formula is C15H23N3. The highest BCUT2D eigenvalue weighted by atomic mass is 15.2. The lowest BCUT2D eigenvalue weighted by atomic mass is 10.1. The molecule has 0 unspecified atom stereocenters. The second-order valence-electron chi connectivity index (χ2n) is 5.66. The molecule has 1 aliphatic heterocycles. The molecule has 0 amide bonds. The zero-order valence-corrected chi connectivity index (χ0v) is 10.9. The first-order valence-electron chi connectivity index (χ1n) is 7.09. The molecule has 0 radical (unpaired) electrons. The second kappa shape index (κ2) is 5.39. The first kappa shape index (κ1) is 12.2. The van der Waals surface area contributed by atoms with Gasteiger partial charge in [0.25, 0.3) is 0 Å². The van der Waals surface area contributed by atoms with Crippen molar-refractivity contribution < 1.29 is 0 Å². The molecule has 1 saturated carbocycles. The van der Waals surface area contributed by atoms with Crippen LogP contribution in [0.3, 0.4) is 0 Å². The predicted octanol–water partition coefficient (Wildman–Crippen LogP) is 1.17. The van der Waals surface area contributed by atoms with Crippen LogP contribution >= 0.6 is 0 Å². The predicted molar refractivity (Wildman–Crippen MR) is 74.6 cm³/mol. The SMILES string of the molecule is N[C@@H]1CCN(CCN[C@H]2C[C@@H]2c2ccccc2)C1. The molecular weight excluding hydrogens is 222 g/mol. The summed E-state index contributed by atoms with van der Waals surface area (Å²) in [5.74, 6) is 0.743. The van der Waals surface area contributed by atoms with Crippen LogP contribution in [-0.2, 0) is 0 Å². The summed E-state index contributed by atoms with van der Waals surface area (Å²) >= 11 is 0. The van der Waals surface area contributed by atoms with Gasteiger partial charge in [-0.15, -0.1) is 0 Å². The lowest BCUT2D eigenvalue weighted by Crippen LogP contribution is -2.33. The van der Waals surface area contributed by atoms with Crippen LogP contribution in [0.15, 0.2) is 30.3 Å². The van der Waals surface area contributed by atoms with Crippen molar-refractivity contribution >= 4 is 0 Å². The molecule has 0 spiro atoms. The van der Waals surface area contributed by atoms with Crippen LogP contribution in [0.1, 0.15) is 24.3 Å². The van der Waals surface area contributed by atoms with Gasteiger partial charge in [0.05, 0.1) is 0 Å². The van der Waals surface area contributed by atoms with Crippen molar-refractivity contribution in [3.8, 4) is 0 Å². The van der Waals surface area contributed by atoms with Crippen LogP contribution < -0.4 is 11.1 Å². The zero-order valence-electron chi connectivity index (χ0n) is 10.9. The topological polar surface area (TPSA) is 41.3 Å². The first-order valence-corrected chi connectivity index (χ1v) is 7.09. The fourth-order valence-electron chi connectivity index (χ4n) is 2.96. The Hall–Kier alpha value is -0.900. The summed E-state index contributed by atoms with van der Waals surface area (Å²) in [7, 11) is 0. The Balaban J connectivity index is 1.36. The van der Waals surface area contributed by atoms with Crippen molar-refractivity contribution in [3.63, 3.8) is 0 Å². The molecule has 3 atom stereocenters. The average Bonchev–Trinajstić information content (AvgIpc) is 3.05. The minimum atomic E-state index is 0.406. The summed E-state index contributed by atoms with van der Waals surface area (Å²) in [6.07, 6.45) is 2.46. The Labute approximate surface area is 109 Å². The molecule has 1 saturated heterocycles. The van der Waals surface area contributed by atoms with E-state index in [1.165, 1.54) is 18.5 Å². The number of nitrogens with two attached hydrogens (primary N) is 1. The Morgan fingerprint density at radius 3 is 2.83 bits per heavy atom. The van der Waals surface area contributed by atoms with Gasteiger partial charge in [-0.05, 0) is 24.9 Å². The second-order valence-corrected chi connectivity index (χ2v) is 5.66. The van der Waals surface area contributed by atoms with Gasteiger partial charge in [-0.3, -0.25) is 0 Å². The van der Waals surface area contributed by atoms with Crippen LogP contribution in [0.5, 0.6) is 0 Å². The van der Waals surface area contributed by atoms with Gasteiger partial charge in [0.2, 0.25) is 0 Å². The quantitative estimate of drug-likeness (QED) is 0.818. The van der Waals surface area contributed by atoms with Crippen LogP contribution in [0.2, 0.25) is 0 Å². The summed E-state index contributed by atoms with van der Waals surface area (Å²) in [5, 5.41) is 3.66. The lowest BCUT2D eigenvalue weighted by Gasteiger charge is -2.15. The van der Waals surface area contributed by atoms with Gasteiger partial charge in [0.15, 0.2) is 0 Å². The minimum absolute atomic E-state index is 0.406. The molecule has 98 valence electrons. The largest absolute Gasteiger partial charge is 0.326 e. The summed E-state index contributed by atoms with van der Waals surface area (Å²) < 4.78 is 0. The highest BCUT2D eigenvalue weighted by molar-refractivity contribution is 5.27. The fraction of sp³-hybridized carbons (Fsp3) is 0.600. The van der Waals surface area contributed by atoms with E-state index in [0.29, 0.717) is 12.1 Å². The minimum Gasteiger partial charge on any atom is -0.326 e. The van der Waals surface area contributed by atoms with Gasteiger partial charge >= 0.3 is 0 Å². The molecule has 1 aliphatic carbocycles. The summed E-state index contributed by atoms with van der Waals surface area (Å²) in [6.45, 7) is 4.50. The molecule has 1 heterocycles. The van der Waals surface area contributed by atoms with E-state index in [0.717, 1.165) is 32.0 Å². The maximum absolute atomic E-state index is 5.90. The van der Waals surface area contributed by atoms with Crippen LogP contribution in [0.25, 0.3) is 0 Å². The van der Waals surface area contributed by atoms with Gasteiger partial charge < -0.3 is 16.0 Å². The van der Waals surface area contributed by atoms with Gasteiger partial charge in [0.1, 0.15) is 0 Å². The molecule has 3 heteroatoms. The summed E-state index contributed by atoms with van der Waals surface area (Å²) in [5.41, 5.74) is 7.39. The van der Waals surface area contributed by atoms with E-state index in [2.05, 4.69) is 40.5 Å². The van der Waals surface area contributed by atoms with Crippen molar-refractivity contribution in [1.29, 1.82) is 0 Å². The molecule has 0 bridgehead atoms. The number of hydrogen-bond donors (Lipinski definition) is 2. The van der Waals surface area contributed by atoms with Crippen molar-refractivity contribution in [2.24, 2.45) is 5.73 Å². The Morgan fingerprint density at radius 2 is 2.11 bits per heavy atom. The highest BCUT2D eigenvalue weighted by Crippen LogP contribution is 2.40. The van der Waals surface area contributed by atoms with E-state index >= 15 is 0 Å². The van der Waals surface area contributed by atoms with E-state index in [1.54, 1.807) is 0 Å². The van der Waals surface area contributed by atoms with Gasteiger partial charge in [0, 0.05) is 37.6 Å². The first-order chi connectivity index (χ1) is 8.83. The number of nitrogens with zero attached hydrogens (tertiary/aromatic N) is 1. The summed E-state index contributed by atoms with van der Waals surface area (Å²) in [6, 6.07) is 11.9. The van der Waals surface area contributed by atoms with Gasteiger partial charge in [-0.25, -0.2) is 0 Å². The highest BCUT2D eigenvalue weighted by Gasteiger charge is 2.37. The molecule has 1 aromatic carbocycles. The van der Waals surface area contributed by atoms with Gasteiger partial charge in [-0.1, -0.05) is 30.3 Å². The number of likely N-dealkylation sites (tertiary alicyclic amines) is 1. The third-order valence-corrected chi connectivity index (χ3v) is 4.16. The Kier molecular flexibility index (Phi) is 3.64. The molecule has 3 nitrogen and oxygen atoms in total. The maximum atomic E-state index is 5.90. The third kappa shape index (κ3) is 2.91. The molecule has 1 aromatic rings. The average molecular weight is 245 g/mol. The standard InChI is InChI=1S/C15H23N3/c16-13-6-8-18(11-13)9-7-17-15-10-14(15)12-4-2-1-3-5-12/h1-5,13-15,17H,6-11,16H2/t13-,14-,15+/m1/s1. The number of benzene rings is 1. The zero-order chi connectivity index (χ0) is 12.4. The normalized spacial score (nSPS) is 31.7. The van der Waals surface area contributed by atoms with E-state index < -0.39 is 0 Å². The molecule has 2 fully saturated rings. The van der Waals surface area contributed by atoms with Crippen molar-refractivity contribution in [2.75, 3.05) is 26.2 Å². The molecule has 3 rings (SSSR count). The Morgan fingerprint density at radius 1 is 1.28 bits per heavy atom. The number of hydrogen-bond acceptors (Lipinski definition) is 3. The van der Waals surface area contributed by atoms with E-state index in [1.807, 2.05) is 0 Å². The molecule has 0 aromatic heterocycles. The van der Waals surface area contributed by atoms with Crippen LogP contribution in [0, 0.1) is 0 Å². The Bertz CT molecular complexity index is 379. The monoisotopic (exact) mass is 245 g/mol. The van der Waals surface area contributed by atoms with E-state index in [4.69, 9.17) is 5.73 Å². The lowest BCUT2D eigenvalue weighted by molar-refractivity contribution is 0.331. The van der Waals surface area contributed by atoms with Crippen molar-refractivity contribution in [1.82, 2.24) is 10.2 Å². The maximum Gasteiger partial charge on any atom is 0.0180 e. The summed E-state index contributed by atoms with van der Waals surface area (Å²) in [4.78, 5) is 2.47. The van der Waals surface area contributed by atoms with Crippen LogP contribution in [-0.4, -0.2) is 43.2 Å². The molecule has 2 aliphatic rings. The third-order valence-electron chi connectivity index (χ3n) is 4.16.